The number of halogens is 1. The van der Waals surface area contributed by atoms with Crippen LogP contribution in [-0.4, -0.2) is 32.3 Å². The number of pyridine rings is 1. The zero-order chi connectivity index (χ0) is 14.9. The number of rotatable bonds is 3. The maximum absolute atomic E-state index is 11.6. The molecule has 0 aromatic carbocycles. The van der Waals surface area contributed by atoms with E-state index in [9.17, 15) is 4.79 Å². The van der Waals surface area contributed by atoms with Crippen LogP contribution in [-0.2, 0) is 9.53 Å². The highest BCUT2D eigenvalue weighted by Gasteiger charge is 2.17. The van der Waals surface area contributed by atoms with Gasteiger partial charge >= 0.3 is 5.97 Å². The summed E-state index contributed by atoms with van der Waals surface area (Å²) in [5.41, 5.74) is 1.61. The van der Waals surface area contributed by atoms with Crippen LogP contribution in [0.3, 0.4) is 0 Å². The van der Waals surface area contributed by atoms with Crippen molar-refractivity contribution in [3.8, 4) is 0 Å². The Hall–Kier alpha value is -1.27. The molecule has 1 N–H and O–H groups in total. The van der Waals surface area contributed by atoms with Crippen LogP contribution in [0.4, 0.5) is 0 Å². The third-order valence-electron chi connectivity index (χ3n) is 2.33. The molecule has 2 heterocycles. The van der Waals surface area contributed by atoms with E-state index in [2.05, 4.69) is 15.0 Å². The second kappa shape index (κ2) is 5.61. The summed E-state index contributed by atoms with van der Waals surface area (Å²) < 4.78 is 5.23. The lowest BCUT2D eigenvalue weighted by Crippen LogP contribution is -2.24. The van der Waals surface area contributed by atoms with Crippen molar-refractivity contribution in [2.24, 2.45) is 0 Å². The minimum atomic E-state index is -0.474. The molecule has 0 aliphatic carbocycles. The monoisotopic (exact) mass is 313 g/mol. The largest absolute Gasteiger partial charge is 0.459 e. The summed E-state index contributed by atoms with van der Waals surface area (Å²) in [6, 6.07) is 1.78. The number of hydrogen-bond donors (Lipinski definition) is 1. The lowest BCUT2D eigenvalue weighted by molar-refractivity contribution is -0.151. The number of aromatic nitrogens is 3. The maximum Gasteiger partial charge on any atom is 0.316 e. The molecule has 0 atom stereocenters. The average Bonchev–Trinajstić information content (AvgIpc) is 2.67. The van der Waals surface area contributed by atoms with E-state index < -0.39 is 5.60 Å². The number of aromatic amines is 1. The van der Waals surface area contributed by atoms with Crippen molar-refractivity contribution in [1.82, 2.24) is 15.0 Å². The zero-order valence-electron chi connectivity index (χ0n) is 11.8. The summed E-state index contributed by atoms with van der Waals surface area (Å²) in [5, 5.41) is 1.21. The summed E-state index contributed by atoms with van der Waals surface area (Å²) >= 11 is 7.29. The number of nitrogens with one attached hydrogen (secondary N) is 1. The number of aryl methyl sites for hydroxylation is 1. The minimum absolute atomic E-state index is 0.198. The maximum atomic E-state index is 11.6. The van der Waals surface area contributed by atoms with Crippen molar-refractivity contribution >= 4 is 40.5 Å². The quantitative estimate of drug-likeness (QED) is 0.695. The first-order valence-corrected chi connectivity index (χ1v) is 7.48. The van der Waals surface area contributed by atoms with Gasteiger partial charge in [-0.25, -0.2) is 9.97 Å². The molecule has 0 amide bonds. The van der Waals surface area contributed by atoms with Crippen LogP contribution in [0.15, 0.2) is 11.2 Å². The van der Waals surface area contributed by atoms with Gasteiger partial charge in [0.2, 0.25) is 0 Å². The molecule has 20 heavy (non-hydrogen) atoms. The fourth-order valence-corrected chi connectivity index (χ4v) is 2.35. The highest BCUT2D eigenvalue weighted by atomic mass is 35.5. The van der Waals surface area contributed by atoms with Crippen molar-refractivity contribution in [1.29, 1.82) is 0 Å². The van der Waals surface area contributed by atoms with Crippen LogP contribution >= 0.6 is 23.4 Å². The number of esters is 1. The van der Waals surface area contributed by atoms with Crippen LogP contribution in [0.25, 0.3) is 11.2 Å². The average molecular weight is 314 g/mol. The molecule has 0 spiro atoms. The first-order valence-electron chi connectivity index (χ1n) is 6.12. The highest BCUT2D eigenvalue weighted by molar-refractivity contribution is 7.99. The predicted molar refractivity (Wildman–Crippen MR) is 80.2 cm³/mol. The Balaban J connectivity index is 2.05. The normalized spacial score (nSPS) is 11.8. The van der Waals surface area contributed by atoms with Crippen molar-refractivity contribution in [2.45, 2.75) is 38.5 Å². The van der Waals surface area contributed by atoms with Crippen molar-refractivity contribution in [3.05, 3.63) is 16.8 Å². The Morgan fingerprint density at radius 3 is 2.80 bits per heavy atom. The predicted octanol–water partition coefficient (Wildman–Crippen LogP) is 3.35. The molecule has 0 saturated carbocycles. The Morgan fingerprint density at radius 1 is 1.45 bits per heavy atom. The highest BCUT2D eigenvalue weighted by Crippen LogP contribution is 2.23. The number of thioether (sulfide) groups is 1. The number of nitrogens with zero attached hydrogens (tertiary/aromatic N) is 2. The summed E-state index contributed by atoms with van der Waals surface area (Å²) in [7, 11) is 0. The van der Waals surface area contributed by atoms with E-state index in [0.29, 0.717) is 15.8 Å². The molecule has 0 fully saturated rings. The molecular formula is C13H16ClN3O2S. The van der Waals surface area contributed by atoms with Gasteiger partial charge in [-0.3, -0.25) is 4.79 Å². The van der Waals surface area contributed by atoms with Crippen molar-refractivity contribution in [3.63, 3.8) is 0 Å². The molecule has 0 aliphatic heterocycles. The van der Waals surface area contributed by atoms with Crippen LogP contribution in [0.1, 0.15) is 26.5 Å². The molecule has 2 rings (SSSR count). The van der Waals surface area contributed by atoms with Crippen LogP contribution in [0.5, 0.6) is 0 Å². The SMILES string of the molecule is Cc1nc2nc(SCC(=O)OC(C)(C)C)[nH]c2cc1Cl. The lowest BCUT2D eigenvalue weighted by atomic mass is 10.2. The fraction of sp³-hybridized carbons (Fsp3) is 0.462. The molecule has 0 aliphatic rings. The van der Waals surface area contributed by atoms with Crippen LogP contribution in [0.2, 0.25) is 5.02 Å². The van der Waals surface area contributed by atoms with Crippen LogP contribution in [0, 0.1) is 6.92 Å². The van der Waals surface area contributed by atoms with E-state index in [1.165, 1.54) is 11.8 Å². The molecule has 2 aromatic rings. The lowest BCUT2D eigenvalue weighted by Gasteiger charge is -2.18. The first kappa shape index (κ1) is 15.1. The molecule has 2 aromatic heterocycles. The smallest absolute Gasteiger partial charge is 0.316 e. The second-order valence-corrected chi connectivity index (χ2v) is 6.72. The van der Waals surface area contributed by atoms with Crippen LogP contribution < -0.4 is 0 Å². The molecule has 5 nitrogen and oxygen atoms in total. The number of carbonyl (C=O) groups excluding carboxylic acids is 1. The van der Waals surface area contributed by atoms with Gasteiger partial charge in [0.1, 0.15) is 5.60 Å². The van der Waals surface area contributed by atoms with Gasteiger partial charge in [-0.2, -0.15) is 0 Å². The van der Waals surface area contributed by atoms with Gasteiger partial charge in [0.15, 0.2) is 10.8 Å². The van der Waals surface area contributed by atoms with Gasteiger partial charge in [0.05, 0.1) is 22.0 Å². The number of imidazole rings is 1. The van der Waals surface area contributed by atoms with E-state index >= 15 is 0 Å². The number of hydrogen-bond acceptors (Lipinski definition) is 5. The molecule has 0 unspecified atom stereocenters. The topological polar surface area (TPSA) is 67.9 Å². The Bertz CT molecular complexity index is 610. The molecular weight excluding hydrogens is 298 g/mol. The van der Waals surface area contributed by atoms with Gasteiger partial charge in [-0.05, 0) is 33.8 Å². The third-order valence-corrected chi connectivity index (χ3v) is 3.56. The van der Waals surface area contributed by atoms with Gasteiger partial charge in [0, 0.05) is 0 Å². The van der Waals surface area contributed by atoms with Crippen molar-refractivity contribution < 1.29 is 9.53 Å². The Morgan fingerprint density at radius 2 is 2.15 bits per heavy atom. The number of ether oxygens (including phenoxy) is 1. The standard InChI is InChI=1S/C13H16ClN3O2S/c1-7-8(14)5-9-11(15-7)17-12(16-9)20-6-10(18)19-13(2,3)4/h5H,6H2,1-4H3,(H,15,16,17). The first-order chi connectivity index (χ1) is 9.24. The molecule has 0 saturated heterocycles. The van der Waals surface area contributed by atoms with E-state index in [-0.39, 0.29) is 11.7 Å². The zero-order valence-corrected chi connectivity index (χ0v) is 13.4. The third kappa shape index (κ3) is 3.86. The Kier molecular flexibility index (Phi) is 4.25. The van der Waals surface area contributed by atoms with Gasteiger partial charge in [-0.1, -0.05) is 23.4 Å². The van der Waals surface area contributed by atoms with Gasteiger partial charge in [0.25, 0.3) is 0 Å². The summed E-state index contributed by atoms with van der Waals surface area (Å²) in [6.45, 7) is 7.34. The van der Waals surface area contributed by atoms with E-state index in [0.717, 1.165) is 11.2 Å². The number of carbonyl (C=O) groups is 1. The summed E-state index contributed by atoms with van der Waals surface area (Å²) in [5.74, 6) is -0.0748. The second-order valence-electron chi connectivity index (χ2n) is 5.34. The number of H-pyrrole nitrogens is 1. The summed E-state index contributed by atoms with van der Waals surface area (Å²) in [6.07, 6.45) is 0. The minimum Gasteiger partial charge on any atom is -0.459 e. The van der Waals surface area contributed by atoms with Crippen molar-refractivity contribution in [2.75, 3.05) is 5.75 Å². The van der Waals surface area contributed by atoms with E-state index in [1.807, 2.05) is 27.7 Å². The molecule has 0 radical (unpaired) electrons. The van der Waals surface area contributed by atoms with E-state index in [4.69, 9.17) is 16.3 Å². The Labute approximate surface area is 126 Å². The molecule has 108 valence electrons. The van der Waals surface area contributed by atoms with E-state index in [1.54, 1.807) is 6.07 Å². The molecule has 0 bridgehead atoms. The molecule has 7 heteroatoms. The summed E-state index contributed by atoms with van der Waals surface area (Å²) in [4.78, 5) is 23.3. The number of fused-ring (bicyclic) bond motifs is 1. The van der Waals surface area contributed by atoms with Gasteiger partial charge < -0.3 is 9.72 Å². The van der Waals surface area contributed by atoms with Gasteiger partial charge in [-0.15, -0.1) is 0 Å². The fourth-order valence-electron chi connectivity index (χ4n) is 1.55.